The Balaban J connectivity index is 2.45. The van der Waals surface area contributed by atoms with Crippen LogP contribution in [0.15, 0.2) is 12.1 Å². The van der Waals surface area contributed by atoms with E-state index in [1.165, 1.54) is 13.2 Å². The van der Waals surface area contributed by atoms with E-state index in [0.29, 0.717) is 5.69 Å². The Morgan fingerprint density at radius 1 is 1.53 bits per heavy atom. The molecule has 80 valence electrons. The van der Waals surface area contributed by atoms with E-state index < -0.39 is 5.97 Å². The van der Waals surface area contributed by atoms with Gasteiger partial charge in [-0.05, 0) is 30.5 Å². The maximum absolute atomic E-state index is 13.6. The molecule has 0 fully saturated rings. The van der Waals surface area contributed by atoms with Crippen LogP contribution in [0.2, 0.25) is 0 Å². The summed E-state index contributed by atoms with van der Waals surface area (Å²) in [6.07, 6.45) is 1.75. The molecule has 3 nitrogen and oxygen atoms in total. The zero-order chi connectivity index (χ0) is 10.8. The molecule has 0 unspecified atom stereocenters. The molecular formula is C11H12FNO2. The van der Waals surface area contributed by atoms with Crippen molar-refractivity contribution >= 4 is 11.7 Å². The molecule has 0 saturated carbocycles. The highest BCUT2D eigenvalue weighted by molar-refractivity contribution is 5.90. The van der Waals surface area contributed by atoms with Crippen molar-refractivity contribution in [2.24, 2.45) is 0 Å². The summed E-state index contributed by atoms with van der Waals surface area (Å²) in [5.74, 6) is -0.880. The lowest BCUT2D eigenvalue weighted by Crippen LogP contribution is -2.15. The fourth-order valence-corrected chi connectivity index (χ4v) is 1.79. The van der Waals surface area contributed by atoms with Crippen LogP contribution in [0.4, 0.5) is 10.1 Å². The number of aryl methyl sites for hydroxylation is 1. The summed E-state index contributed by atoms with van der Waals surface area (Å²) < 4.78 is 18.1. The van der Waals surface area contributed by atoms with E-state index in [4.69, 9.17) is 0 Å². The molecule has 0 aromatic heterocycles. The van der Waals surface area contributed by atoms with Gasteiger partial charge in [0, 0.05) is 6.54 Å². The molecule has 1 aromatic rings. The SMILES string of the molecule is COC(=O)c1cc(F)c2c(c1)CCCN2. The van der Waals surface area contributed by atoms with Gasteiger partial charge in [0.15, 0.2) is 0 Å². The Bertz CT molecular complexity index is 404. The summed E-state index contributed by atoms with van der Waals surface area (Å²) >= 11 is 0. The molecule has 1 aliphatic heterocycles. The highest BCUT2D eigenvalue weighted by Gasteiger charge is 2.17. The summed E-state index contributed by atoms with van der Waals surface area (Å²) in [5.41, 5.74) is 1.65. The van der Waals surface area contributed by atoms with E-state index in [0.717, 1.165) is 24.9 Å². The number of ether oxygens (including phenoxy) is 1. The number of esters is 1. The zero-order valence-corrected chi connectivity index (χ0v) is 8.47. The van der Waals surface area contributed by atoms with Crippen molar-refractivity contribution in [3.63, 3.8) is 0 Å². The molecule has 0 aliphatic carbocycles. The van der Waals surface area contributed by atoms with Gasteiger partial charge in [-0.15, -0.1) is 0 Å². The van der Waals surface area contributed by atoms with Crippen LogP contribution < -0.4 is 5.32 Å². The lowest BCUT2D eigenvalue weighted by Gasteiger charge is -2.19. The van der Waals surface area contributed by atoms with Gasteiger partial charge in [-0.25, -0.2) is 9.18 Å². The molecule has 0 bridgehead atoms. The van der Waals surface area contributed by atoms with E-state index >= 15 is 0 Å². The quantitative estimate of drug-likeness (QED) is 0.718. The van der Waals surface area contributed by atoms with Crippen LogP contribution in [0.5, 0.6) is 0 Å². The van der Waals surface area contributed by atoms with Gasteiger partial charge in [0.1, 0.15) is 5.82 Å². The molecule has 0 saturated heterocycles. The van der Waals surface area contributed by atoms with Crippen molar-refractivity contribution in [3.8, 4) is 0 Å². The number of benzene rings is 1. The van der Waals surface area contributed by atoms with Crippen LogP contribution in [-0.4, -0.2) is 19.6 Å². The number of anilines is 1. The standard InChI is InChI=1S/C11H12FNO2/c1-15-11(14)8-5-7-3-2-4-13-10(7)9(12)6-8/h5-6,13H,2-4H2,1H3. The van der Waals surface area contributed by atoms with Gasteiger partial charge < -0.3 is 10.1 Å². The van der Waals surface area contributed by atoms with E-state index in [9.17, 15) is 9.18 Å². The molecule has 0 amide bonds. The Labute approximate surface area is 87.2 Å². The minimum absolute atomic E-state index is 0.275. The first-order valence-corrected chi connectivity index (χ1v) is 4.87. The number of fused-ring (bicyclic) bond motifs is 1. The predicted octanol–water partition coefficient (Wildman–Crippen LogP) is 1.97. The van der Waals surface area contributed by atoms with Gasteiger partial charge in [0.2, 0.25) is 0 Å². The van der Waals surface area contributed by atoms with E-state index in [1.807, 2.05) is 0 Å². The molecular weight excluding hydrogens is 197 g/mol. The van der Waals surface area contributed by atoms with Crippen molar-refractivity contribution in [2.45, 2.75) is 12.8 Å². The molecule has 0 atom stereocenters. The number of halogens is 1. The number of hydrogen-bond donors (Lipinski definition) is 1. The summed E-state index contributed by atoms with van der Waals surface area (Å²) in [6, 6.07) is 2.90. The number of nitrogens with one attached hydrogen (secondary N) is 1. The third kappa shape index (κ3) is 1.79. The minimum atomic E-state index is -0.498. The largest absolute Gasteiger partial charge is 0.465 e. The third-order valence-electron chi connectivity index (χ3n) is 2.52. The summed E-state index contributed by atoms with van der Waals surface area (Å²) in [4.78, 5) is 11.2. The molecule has 1 N–H and O–H groups in total. The van der Waals surface area contributed by atoms with Crippen molar-refractivity contribution < 1.29 is 13.9 Å². The Morgan fingerprint density at radius 2 is 2.33 bits per heavy atom. The van der Waals surface area contributed by atoms with E-state index in [-0.39, 0.29) is 11.4 Å². The second-order valence-corrected chi connectivity index (χ2v) is 3.51. The van der Waals surface area contributed by atoms with Crippen LogP contribution in [0.3, 0.4) is 0 Å². The lowest BCUT2D eigenvalue weighted by atomic mass is 10.0. The maximum Gasteiger partial charge on any atom is 0.337 e. The summed E-state index contributed by atoms with van der Waals surface area (Å²) in [6.45, 7) is 0.779. The Kier molecular flexibility index (Phi) is 2.58. The Morgan fingerprint density at radius 3 is 3.07 bits per heavy atom. The second-order valence-electron chi connectivity index (χ2n) is 3.51. The highest BCUT2D eigenvalue weighted by atomic mass is 19.1. The van der Waals surface area contributed by atoms with Gasteiger partial charge in [-0.1, -0.05) is 0 Å². The summed E-state index contributed by atoms with van der Waals surface area (Å²) in [7, 11) is 1.29. The number of carbonyl (C=O) groups is 1. The maximum atomic E-state index is 13.6. The molecule has 2 rings (SSSR count). The van der Waals surface area contributed by atoms with Gasteiger partial charge in [-0.2, -0.15) is 0 Å². The normalized spacial score (nSPS) is 14.0. The van der Waals surface area contributed by atoms with Crippen LogP contribution in [0, 0.1) is 5.82 Å². The molecule has 1 aliphatic rings. The van der Waals surface area contributed by atoms with Gasteiger partial charge in [0.25, 0.3) is 0 Å². The first kappa shape index (κ1) is 9.96. The fourth-order valence-electron chi connectivity index (χ4n) is 1.79. The fraction of sp³-hybridized carbons (Fsp3) is 0.364. The van der Waals surface area contributed by atoms with Crippen LogP contribution in [0.25, 0.3) is 0 Å². The van der Waals surface area contributed by atoms with Crippen molar-refractivity contribution in [2.75, 3.05) is 19.0 Å². The van der Waals surface area contributed by atoms with E-state index in [1.54, 1.807) is 6.07 Å². The van der Waals surface area contributed by atoms with Crippen LogP contribution >= 0.6 is 0 Å². The predicted molar refractivity (Wildman–Crippen MR) is 54.6 cm³/mol. The monoisotopic (exact) mass is 209 g/mol. The minimum Gasteiger partial charge on any atom is -0.465 e. The third-order valence-corrected chi connectivity index (χ3v) is 2.52. The van der Waals surface area contributed by atoms with Crippen LogP contribution in [0.1, 0.15) is 22.3 Å². The second kappa shape index (κ2) is 3.88. The number of hydrogen-bond acceptors (Lipinski definition) is 3. The van der Waals surface area contributed by atoms with Crippen LogP contribution in [-0.2, 0) is 11.2 Å². The molecule has 1 aromatic carbocycles. The van der Waals surface area contributed by atoms with Gasteiger partial charge in [-0.3, -0.25) is 0 Å². The molecule has 15 heavy (non-hydrogen) atoms. The molecule has 1 heterocycles. The van der Waals surface area contributed by atoms with Gasteiger partial charge in [0.05, 0.1) is 18.4 Å². The average Bonchev–Trinajstić information content (AvgIpc) is 2.28. The van der Waals surface area contributed by atoms with Gasteiger partial charge >= 0.3 is 5.97 Å². The first-order valence-electron chi connectivity index (χ1n) is 4.87. The van der Waals surface area contributed by atoms with Crippen molar-refractivity contribution in [1.82, 2.24) is 0 Å². The number of rotatable bonds is 1. The zero-order valence-electron chi connectivity index (χ0n) is 8.47. The number of carbonyl (C=O) groups excluding carboxylic acids is 1. The van der Waals surface area contributed by atoms with E-state index in [2.05, 4.69) is 10.1 Å². The summed E-state index contributed by atoms with van der Waals surface area (Å²) in [5, 5.41) is 2.99. The first-order chi connectivity index (χ1) is 7.22. The number of methoxy groups -OCH3 is 1. The highest BCUT2D eigenvalue weighted by Crippen LogP contribution is 2.26. The van der Waals surface area contributed by atoms with Crippen molar-refractivity contribution in [1.29, 1.82) is 0 Å². The molecule has 4 heteroatoms. The van der Waals surface area contributed by atoms with Crippen molar-refractivity contribution in [3.05, 3.63) is 29.1 Å². The molecule has 0 radical (unpaired) electrons. The topological polar surface area (TPSA) is 38.3 Å². The molecule has 0 spiro atoms. The smallest absolute Gasteiger partial charge is 0.337 e. The Hall–Kier alpha value is -1.58. The average molecular weight is 209 g/mol. The lowest BCUT2D eigenvalue weighted by molar-refractivity contribution is 0.0600.